The maximum Gasteiger partial charge on any atom is 0.326 e. The van der Waals surface area contributed by atoms with Crippen molar-refractivity contribution in [1.82, 2.24) is 5.32 Å². The van der Waals surface area contributed by atoms with Crippen molar-refractivity contribution in [2.45, 2.75) is 26.3 Å². The lowest BCUT2D eigenvalue weighted by Gasteiger charge is -2.20. The van der Waals surface area contributed by atoms with Crippen molar-refractivity contribution < 1.29 is 24.2 Å². The highest BCUT2D eigenvalue weighted by Crippen LogP contribution is 2.12. The average molecular weight is 318 g/mol. The molecule has 0 saturated carbocycles. The molecule has 1 rings (SSSR count). The van der Waals surface area contributed by atoms with E-state index < -0.39 is 29.8 Å². The number of hydrogen-bond donors (Lipinski definition) is 2. The second-order valence-electron chi connectivity index (χ2n) is 4.96. The second kappa shape index (κ2) is 8.54. The number of carbonyl (C=O) groups excluding carboxylic acids is 2. The van der Waals surface area contributed by atoms with Gasteiger partial charge in [0.2, 0.25) is 0 Å². The minimum absolute atomic E-state index is 0.113. The maximum absolute atomic E-state index is 12.1. The fraction of sp³-hybridized carbons (Fsp3) is 0.375. The van der Waals surface area contributed by atoms with Crippen molar-refractivity contribution in [2.24, 2.45) is 5.92 Å². The molecule has 0 heterocycles. The Balaban J connectivity index is 2.78. The number of amides is 1. The standard InChI is InChI=1S/C16H18N2O5/c1-3-23-13(19)8-10(2)14(16(21)22)18-15(20)12-6-4-11(9-17)5-7-12/h4-7,10,14H,3,8H2,1-2H3,(H,18,20)(H,21,22)/t10-,14-/m1/s1. The summed E-state index contributed by atoms with van der Waals surface area (Å²) in [6, 6.07) is 6.50. The Morgan fingerprint density at radius 1 is 1.30 bits per heavy atom. The summed E-state index contributed by atoms with van der Waals surface area (Å²) in [6.07, 6.45) is -0.113. The zero-order valence-electron chi connectivity index (χ0n) is 12.9. The molecule has 2 N–H and O–H groups in total. The van der Waals surface area contributed by atoms with E-state index in [4.69, 9.17) is 10.00 Å². The van der Waals surface area contributed by atoms with E-state index in [1.807, 2.05) is 6.07 Å². The number of carbonyl (C=O) groups is 3. The summed E-state index contributed by atoms with van der Waals surface area (Å²) in [5, 5.41) is 20.4. The van der Waals surface area contributed by atoms with Crippen LogP contribution in [0.5, 0.6) is 0 Å². The van der Waals surface area contributed by atoms with Gasteiger partial charge in [-0.3, -0.25) is 9.59 Å². The van der Waals surface area contributed by atoms with Gasteiger partial charge in [-0.2, -0.15) is 5.26 Å². The normalized spacial score (nSPS) is 12.6. The maximum atomic E-state index is 12.1. The molecule has 0 fully saturated rings. The Morgan fingerprint density at radius 2 is 1.91 bits per heavy atom. The fourth-order valence-corrected chi connectivity index (χ4v) is 1.97. The predicted molar refractivity (Wildman–Crippen MR) is 80.5 cm³/mol. The Morgan fingerprint density at radius 3 is 2.39 bits per heavy atom. The van der Waals surface area contributed by atoms with Crippen LogP contribution in [0.2, 0.25) is 0 Å². The molecule has 122 valence electrons. The molecule has 0 radical (unpaired) electrons. The summed E-state index contributed by atoms with van der Waals surface area (Å²) in [5.41, 5.74) is 0.630. The van der Waals surface area contributed by atoms with Gasteiger partial charge in [0.25, 0.3) is 5.91 Å². The van der Waals surface area contributed by atoms with Crippen LogP contribution in [-0.2, 0) is 14.3 Å². The number of nitriles is 1. The number of esters is 1. The van der Waals surface area contributed by atoms with Crippen molar-refractivity contribution in [1.29, 1.82) is 5.26 Å². The number of nitrogens with one attached hydrogen (secondary N) is 1. The molecule has 0 aliphatic heterocycles. The van der Waals surface area contributed by atoms with E-state index in [1.165, 1.54) is 24.3 Å². The molecule has 0 aliphatic rings. The monoisotopic (exact) mass is 318 g/mol. The van der Waals surface area contributed by atoms with Gasteiger partial charge in [0.05, 0.1) is 24.7 Å². The van der Waals surface area contributed by atoms with E-state index in [-0.39, 0.29) is 18.6 Å². The first kappa shape index (κ1) is 18.2. The summed E-state index contributed by atoms with van der Waals surface area (Å²) < 4.78 is 4.78. The fourth-order valence-electron chi connectivity index (χ4n) is 1.97. The van der Waals surface area contributed by atoms with Crippen molar-refractivity contribution in [3.63, 3.8) is 0 Å². The average Bonchev–Trinajstić information content (AvgIpc) is 2.52. The van der Waals surface area contributed by atoms with Gasteiger partial charge < -0.3 is 15.2 Å². The predicted octanol–water partition coefficient (Wildman–Crippen LogP) is 1.33. The Bertz CT molecular complexity index is 618. The number of carboxylic acids is 1. The number of benzene rings is 1. The summed E-state index contributed by atoms with van der Waals surface area (Å²) in [5.74, 6) is -2.96. The van der Waals surface area contributed by atoms with Gasteiger partial charge >= 0.3 is 11.9 Å². The van der Waals surface area contributed by atoms with E-state index in [2.05, 4.69) is 5.32 Å². The van der Waals surface area contributed by atoms with E-state index in [1.54, 1.807) is 13.8 Å². The first-order valence-corrected chi connectivity index (χ1v) is 7.08. The lowest BCUT2D eigenvalue weighted by Crippen LogP contribution is -2.45. The molecule has 1 aromatic rings. The summed E-state index contributed by atoms with van der Waals surface area (Å²) in [6.45, 7) is 3.42. The van der Waals surface area contributed by atoms with E-state index in [0.717, 1.165) is 0 Å². The highest BCUT2D eigenvalue weighted by Gasteiger charge is 2.28. The van der Waals surface area contributed by atoms with Crippen molar-refractivity contribution >= 4 is 17.8 Å². The minimum atomic E-state index is -1.23. The number of ether oxygens (including phenoxy) is 1. The highest BCUT2D eigenvalue weighted by atomic mass is 16.5. The smallest absolute Gasteiger partial charge is 0.326 e. The van der Waals surface area contributed by atoms with E-state index in [0.29, 0.717) is 5.56 Å². The van der Waals surface area contributed by atoms with Gasteiger partial charge in [-0.05, 0) is 37.1 Å². The Hall–Kier alpha value is -2.88. The summed E-state index contributed by atoms with van der Waals surface area (Å²) in [4.78, 5) is 34.9. The van der Waals surface area contributed by atoms with E-state index >= 15 is 0 Å². The van der Waals surface area contributed by atoms with Crippen LogP contribution in [0.4, 0.5) is 0 Å². The molecule has 0 unspecified atom stereocenters. The molecule has 0 aliphatic carbocycles. The lowest BCUT2D eigenvalue weighted by molar-refractivity contribution is -0.145. The summed E-state index contributed by atoms with van der Waals surface area (Å²) >= 11 is 0. The Labute approximate surface area is 133 Å². The van der Waals surface area contributed by atoms with Crippen LogP contribution < -0.4 is 5.32 Å². The molecule has 0 bridgehead atoms. The van der Waals surface area contributed by atoms with Gasteiger partial charge in [-0.25, -0.2) is 4.79 Å². The molecule has 0 spiro atoms. The molecule has 7 nitrogen and oxygen atoms in total. The van der Waals surface area contributed by atoms with E-state index in [9.17, 15) is 19.5 Å². The zero-order chi connectivity index (χ0) is 17.4. The molecule has 0 saturated heterocycles. The number of nitrogens with zero attached hydrogens (tertiary/aromatic N) is 1. The number of hydrogen-bond acceptors (Lipinski definition) is 5. The quantitative estimate of drug-likeness (QED) is 0.733. The molecule has 1 aromatic carbocycles. The molecule has 2 atom stereocenters. The van der Waals surface area contributed by atoms with Gasteiger partial charge in [0.1, 0.15) is 6.04 Å². The molecular formula is C16H18N2O5. The zero-order valence-corrected chi connectivity index (χ0v) is 12.9. The SMILES string of the molecule is CCOC(=O)C[C@@H](C)[C@@H](NC(=O)c1ccc(C#N)cc1)C(=O)O. The first-order chi connectivity index (χ1) is 10.9. The van der Waals surface area contributed by atoms with Crippen molar-refractivity contribution in [3.05, 3.63) is 35.4 Å². The molecular weight excluding hydrogens is 300 g/mol. The van der Waals surface area contributed by atoms with Crippen molar-refractivity contribution in [2.75, 3.05) is 6.61 Å². The van der Waals surface area contributed by atoms with Gasteiger partial charge in [-0.15, -0.1) is 0 Å². The lowest BCUT2D eigenvalue weighted by atomic mass is 9.98. The van der Waals surface area contributed by atoms with Crippen molar-refractivity contribution in [3.8, 4) is 6.07 Å². The highest BCUT2D eigenvalue weighted by molar-refractivity contribution is 5.96. The van der Waals surface area contributed by atoms with Crippen LogP contribution in [0.3, 0.4) is 0 Å². The van der Waals surface area contributed by atoms with Crippen LogP contribution in [0.15, 0.2) is 24.3 Å². The number of aliphatic carboxylic acids is 1. The first-order valence-electron chi connectivity index (χ1n) is 7.08. The summed E-state index contributed by atoms with van der Waals surface area (Å²) in [7, 11) is 0. The third kappa shape index (κ3) is 5.43. The third-order valence-corrected chi connectivity index (χ3v) is 3.19. The second-order valence-corrected chi connectivity index (χ2v) is 4.96. The van der Waals surface area contributed by atoms with Crippen LogP contribution in [-0.4, -0.2) is 35.6 Å². The van der Waals surface area contributed by atoms with Crippen LogP contribution in [0, 0.1) is 17.2 Å². The largest absolute Gasteiger partial charge is 0.480 e. The van der Waals surface area contributed by atoms with Gasteiger partial charge in [0.15, 0.2) is 0 Å². The molecule has 7 heteroatoms. The van der Waals surface area contributed by atoms with Crippen LogP contribution in [0.1, 0.15) is 36.2 Å². The molecule has 1 amide bonds. The minimum Gasteiger partial charge on any atom is -0.480 e. The van der Waals surface area contributed by atoms with Gasteiger partial charge in [-0.1, -0.05) is 6.92 Å². The Kier molecular flexibility index (Phi) is 6.74. The van der Waals surface area contributed by atoms with Gasteiger partial charge in [0, 0.05) is 5.56 Å². The number of carboxylic acid groups (broad SMARTS) is 1. The molecule has 23 heavy (non-hydrogen) atoms. The third-order valence-electron chi connectivity index (χ3n) is 3.19. The topological polar surface area (TPSA) is 116 Å². The number of rotatable bonds is 7. The van der Waals surface area contributed by atoms with Crippen LogP contribution >= 0.6 is 0 Å². The molecule has 0 aromatic heterocycles. The van der Waals surface area contributed by atoms with Crippen LogP contribution in [0.25, 0.3) is 0 Å².